The molecule has 0 bridgehead atoms. The first-order valence-electron chi connectivity index (χ1n) is 9.65. The lowest BCUT2D eigenvalue weighted by Crippen LogP contribution is -2.44. The number of nitrogens with zero attached hydrogens (tertiary/aromatic N) is 2. The second kappa shape index (κ2) is 9.01. The van der Waals surface area contributed by atoms with Crippen molar-refractivity contribution in [2.24, 2.45) is 0 Å². The van der Waals surface area contributed by atoms with Crippen molar-refractivity contribution in [2.75, 3.05) is 12.3 Å². The van der Waals surface area contributed by atoms with Crippen LogP contribution in [0.2, 0.25) is 18.1 Å². The van der Waals surface area contributed by atoms with Gasteiger partial charge in [-0.05, 0) is 42.8 Å². The number of aromatic amines is 1. The van der Waals surface area contributed by atoms with Gasteiger partial charge in [0.25, 0.3) is 0 Å². The third-order valence-corrected chi connectivity index (χ3v) is 10.3. The Hall–Kier alpha value is -2.65. The second-order valence-corrected chi connectivity index (χ2v) is 13.9. The molecule has 0 spiro atoms. The maximum absolute atomic E-state index is 9.51. The quantitative estimate of drug-likeness (QED) is 0.317. The number of H-pyrrole nitrogens is 1. The van der Waals surface area contributed by atoms with Crippen molar-refractivity contribution in [1.29, 1.82) is 5.26 Å². The first kappa shape index (κ1) is 23.6. The molecule has 6 nitrogen and oxygen atoms in total. The van der Waals surface area contributed by atoms with Gasteiger partial charge in [0.1, 0.15) is 28.9 Å². The van der Waals surface area contributed by atoms with Gasteiger partial charge in [0.2, 0.25) is 5.69 Å². The predicted molar refractivity (Wildman–Crippen MR) is 126 cm³/mol. The number of nitriles is 1. The van der Waals surface area contributed by atoms with E-state index >= 15 is 0 Å². The number of nitrogens with two attached hydrogens (primary N) is 1. The number of ether oxygens (including phenoxy) is 1. The average molecular weight is 441 g/mol. The Morgan fingerprint density at radius 1 is 1.30 bits per heavy atom. The highest BCUT2D eigenvalue weighted by Gasteiger charge is 2.38. The summed E-state index contributed by atoms with van der Waals surface area (Å²) in [5, 5.41) is 9.64. The number of pyridine rings is 1. The minimum absolute atomic E-state index is 0.0308. The highest BCUT2D eigenvalue weighted by Crippen LogP contribution is 2.39. The molecule has 1 aromatic carbocycles. The molecule has 30 heavy (non-hydrogen) atoms. The smallest absolute Gasteiger partial charge is 0.234 e. The fourth-order valence-electron chi connectivity index (χ4n) is 2.76. The van der Waals surface area contributed by atoms with E-state index in [1.165, 1.54) is 0 Å². The number of nitrogen functional groups attached to an aromatic ring is 1. The molecule has 8 heteroatoms. The predicted octanol–water partition coefficient (Wildman–Crippen LogP) is 6.20. The summed E-state index contributed by atoms with van der Waals surface area (Å²) in [5.41, 5.74) is 7.44. The molecule has 0 saturated carbocycles. The van der Waals surface area contributed by atoms with Crippen LogP contribution in [0.5, 0.6) is 5.75 Å². The van der Waals surface area contributed by atoms with Gasteiger partial charge in [0.05, 0.1) is 18.2 Å². The summed E-state index contributed by atoms with van der Waals surface area (Å²) in [4.78, 5) is 6.20. The minimum atomic E-state index is -1.85. The van der Waals surface area contributed by atoms with Crippen molar-refractivity contribution in [3.05, 3.63) is 45.9 Å². The van der Waals surface area contributed by atoms with Crippen molar-refractivity contribution in [3.8, 4) is 22.9 Å². The molecular formula is C22H28N4O2SSi. The zero-order valence-corrected chi connectivity index (χ0v) is 20.1. The summed E-state index contributed by atoms with van der Waals surface area (Å²) >= 11 is 5.20. The van der Waals surface area contributed by atoms with E-state index in [-0.39, 0.29) is 32.9 Å². The first-order chi connectivity index (χ1) is 13.9. The summed E-state index contributed by atoms with van der Waals surface area (Å²) in [6.07, 6.45) is -0.0308. The van der Waals surface area contributed by atoms with Crippen molar-refractivity contribution in [1.82, 2.24) is 4.98 Å². The standard InChI is InChI=1S/C22H28N4O2SSi/c1-14(28-30(6,7)22(2,3)4)13-27-16-10-8-15(9-11-16)18-17(12-23)21(29)26-20(24)19(18)25-5/h8-11,14H,13H2,1-4,6-7H3,(H3,24,26,29). The van der Waals surface area contributed by atoms with Crippen LogP contribution in [0.1, 0.15) is 33.3 Å². The first-order valence-corrected chi connectivity index (χ1v) is 13.0. The summed E-state index contributed by atoms with van der Waals surface area (Å²) in [6, 6.07) is 9.28. The van der Waals surface area contributed by atoms with E-state index in [1.807, 2.05) is 6.92 Å². The number of hydrogen-bond acceptors (Lipinski definition) is 5. The van der Waals surface area contributed by atoms with Gasteiger partial charge in [-0.3, -0.25) is 0 Å². The molecule has 0 radical (unpaired) electrons. The lowest BCUT2D eigenvalue weighted by molar-refractivity contribution is 0.129. The maximum atomic E-state index is 9.51. The Balaban J connectivity index is 2.21. The van der Waals surface area contributed by atoms with E-state index in [1.54, 1.807) is 24.3 Å². The molecule has 0 aliphatic carbocycles. The third-order valence-electron chi connectivity index (χ3n) is 5.37. The average Bonchev–Trinajstić information content (AvgIpc) is 2.65. The SMILES string of the molecule is [C-]#[N+]c1c(N)[nH]c(=S)c(C#N)c1-c1ccc(OCC(C)O[Si](C)(C)C(C)(C)C)cc1. The molecule has 0 fully saturated rings. The van der Waals surface area contributed by atoms with Gasteiger partial charge in [-0.1, -0.05) is 45.1 Å². The molecule has 158 valence electrons. The van der Waals surface area contributed by atoms with Gasteiger partial charge in [0, 0.05) is 5.56 Å². The molecule has 3 N–H and O–H groups in total. The zero-order valence-electron chi connectivity index (χ0n) is 18.3. The monoisotopic (exact) mass is 440 g/mol. The Bertz CT molecular complexity index is 1060. The van der Waals surface area contributed by atoms with Crippen molar-refractivity contribution in [3.63, 3.8) is 0 Å². The van der Waals surface area contributed by atoms with Gasteiger partial charge in [-0.15, -0.1) is 0 Å². The largest absolute Gasteiger partial charge is 0.491 e. The zero-order chi connectivity index (χ0) is 22.7. The number of benzene rings is 1. The van der Waals surface area contributed by atoms with Crippen LogP contribution in [-0.4, -0.2) is 26.0 Å². The van der Waals surface area contributed by atoms with Gasteiger partial charge in [-0.25, -0.2) is 4.85 Å². The third kappa shape index (κ3) is 5.09. The van der Waals surface area contributed by atoms with E-state index in [0.717, 1.165) is 0 Å². The van der Waals surface area contributed by atoms with Gasteiger partial charge >= 0.3 is 0 Å². The molecule has 0 aliphatic rings. The molecule has 1 atom stereocenters. The number of rotatable bonds is 6. The topological polar surface area (TPSA) is 88.4 Å². The van der Waals surface area contributed by atoms with Crippen LogP contribution in [0.4, 0.5) is 11.5 Å². The van der Waals surface area contributed by atoms with Gasteiger partial charge in [0.15, 0.2) is 8.32 Å². The molecule has 0 aliphatic heterocycles. The van der Waals surface area contributed by atoms with Gasteiger partial charge < -0.3 is 19.9 Å². The van der Waals surface area contributed by atoms with Crippen molar-refractivity contribution >= 4 is 32.0 Å². The van der Waals surface area contributed by atoms with E-state index < -0.39 is 8.32 Å². The Kier molecular flexibility index (Phi) is 7.09. The molecule has 1 unspecified atom stereocenters. The molecule has 2 rings (SSSR count). The second-order valence-electron chi connectivity index (χ2n) is 8.71. The normalized spacial score (nSPS) is 12.7. The van der Waals surface area contributed by atoms with Gasteiger partial charge in [-0.2, -0.15) is 5.26 Å². The van der Waals surface area contributed by atoms with Crippen molar-refractivity contribution < 1.29 is 9.16 Å². The van der Waals surface area contributed by atoms with E-state index in [4.69, 9.17) is 33.7 Å². The lowest BCUT2D eigenvalue weighted by atomic mass is 10.00. The van der Waals surface area contributed by atoms with Crippen LogP contribution in [0.15, 0.2) is 24.3 Å². The molecular weight excluding hydrogens is 412 g/mol. The van der Waals surface area contributed by atoms with Crippen LogP contribution in [-0.2, 0) is 4.43 Å². The van der Waals surface area contributed by atoms with Crippen LogP contribution in [0.25, 0.3) is 16.0 Å². The van der Waals surface area contributed by atoms with Crippen molar-refractivity contribution in [2.45, 2.75) is 51.9 Å². The summed E-state index contributed by atoms with van der Waals surface area (Å²) in [7, 11) is -1.85. The lowest BCUT2D eigenvalue weighted by Gasteiger charge is -2.38. The number of anilines is 1. The Morgan fingerprint density at radius 2 is 1.90 bits per heavy atom. The van der Waals surface area contributed by atoms with E-state index in [9.17, 15) is 5.26 Å². The fraction of sp³-hybridized carbons (Fsp3) is 0.409. The van der Waals surface area contributed by atoms with Crippen LogP contribution >= 0.6 is 12.2 Å². The fourth-order valence-corrected chi connectivity index (χ4v) is 4.44. The number of nitrogens with one attached hydrogen (secondary N) is 1. The maximum Gasteiger partial charge on any atom is 0.234 e. The molecule has 0 saturated heterocycles. The molecule has 0 amide bonds. The summed E-state index contributed by atoms with van der Waals surface area (Å²) in [5.74, 6) is 0.835. The highest BCUT2D eigenvalue weighted by molar-refractivity contribution is 7.71. The minimum Gasteiger partial charge on any atom is -0.491 e. The van der Waals surface area contributed by atoms with Crippen LogP contribution < -0.4 is 10.5 Å². The Labute approximate surface area is 184 Å². The molecule has 2 aromatic rings. The highest BCUT2D eigenvalue weighted by atomic mass is 32.1. The number of hydrogen-bond donors (Lipinski definition) is 2. The Morgan fingerprint density at radius 3 is 2.40 bits per heavy atom. The van der Waals surface area contributed by atoms with Crippen LogP contribution in [0.3, 0.4) is 0 Å². The van der Waals surface area contributed by atoms with Crippen LogP contribution in [0, 0.1) is 22.5 Å². The summed E-state index contributed by atoms with van der Waals surface area (Å²) in [6.45, 7) is 21.0. The van der Waals surface area contributed by atoms with E-state index in [2.05, 4.69) is 49.8 Å². The van der Waals surface area contributed by atoms with E-state index in [0.29, 0.717) is 23.5 Å². The molecule has 1 heterocycles. The molecule has 1 aromatic heterocycles. The summed E-state index contributed by atoms with van der Waals surface area (Å²) < 4.78 is 12.4. The number of aromatic nitrogens is 1.